The third-order valence-corrected chi connectivity index (χ3v) is 6.42. The highest BCUT2D eigenvalue weighted by molar-refractivity contribution is 6.08. The second-order valence-electron chi connectivity index (χ2n) is 8.50. The number of rotatable bonds is 6. The lowest BCUT2D eigenvalue weighted by Gasteiger charge is -2.38. The number of para-hydroxylation sites is 2. The second kappa shape index (κ2) is 9.94. The molecule has 4 aromatic carbocycles. The zero-order chi connectivity index (χ0) is 24.2. The number of fused-ring (bicyclic) bond motifs is 1. The summed E-state index contributed by atoms with van der Waals surface area (Å²) in [6.07, 6.45) is 0. The molecule has 1 heterocycles. The van der Waals surface area contributed by atoms with Crippen LogP contribution in [0.25, 0.3) is 11.1 Å². The lowest BCUT2D eigenvalue weighted by molar-refractivity contribution is 0.0986. The summed E-state index contributed by atoms with van der Waals surface area (Å²) in [5.74, 6) is 1.10. The molecule has 5 heteroatoms. The van der Waals surface area contributed by atoms with E-state index in [0.29, 0.717) is 23.6 Å². The van der Waals surface area contributed by atoms with Crippen molar-refractivity contribution in [3.63, 3.8) is 0 Å². The predicted molar refractivity (Wildman–Crippen MR) is 141 cm³/mol. The molecule has 0 saturated heterocycles. The summed E-state index contributed by atoms with van der Waals surface area (Å²) in [5.41, 5.74) is 6.20. The van der Waals surface area contributed by atoms with Gasteiger partial charge in [0, 0.05) is 25.2 Å². The summed E-state index contributed by atoms with van der Waals surface area (Å²) in [6.45, 7) is 2.13. The van der Waals surface area contributed by atoms with Crippen molar-refractivity contribution in [2.75, 3.05) is 37.1 Å². The maximum atomic E-state index is 13.5. The van der Waals surface area contributed by atoms with E-state index in [4.69, 9.17) is 9.47 Å². The van der Waals surface area contributed by atoms with Crippen molar-refractivity contribution in [3.8, 4) is 22.6 Å². The quantitative estimate of drug-likeness (QED) is 0.349. The first-order valence-electron chi connectivity index (χ1n) is 11.7. The number of carbonyl (C=O) groups excluding carboxylic acids is 1. The normalized spacial score (nSPS) is 12.7. The van der Waals surface area contributed by atoms with Gasteiger partial charge in [0.25, 0.3) is 5.91 Å². The number of nitrogens with zero attached hydrogens (tertiary/aromatic N) is 2. The van der Waals surface area contributed by atoms with E-state index in [9.17, 15) is 4.79 Å². The number of methoxy groups -OCH3 is 2. The zero-order valence-electron chi connectivity index (χ0n) is 20.0. The Labute approximate surface area is 206 Å². The van der Waals surface area contributed by atoms with Crippen molar-refractivity contribution >= 4 is 17.3 Å². The van der Waals surface area contributed by atoms with Crippen molar-refractivity contribution in [1.82, 2.24) is 0 Å². The minimum Gasteiger partial charge on any atom is -0.493 e. The van der Waals surface area contributed by atoms with Crippen LogP contribution in [0, 0.1) is 0 Å². The van der Waals surface area contributed by atoms with Crippen LogP contribution in [0.3, 0.4) is 0 Å². The number of carbonyl (C=O) groups is 1. The van der Waals surface area contributed by atoms with E-state index < -0.39 is 0 Å². The second-order valence-corrected chi connectivity index (χ2v) is 8.50. The van der Waals surface area contributed by atoms with Gasteiger partial charge in [-0.05, 0) is 47.0 Å². The van der Waals surface area contributed by atoms with Gasteiger partial charge < -0.3 is 19.3 Å². The molecule has 0 aliphatic carbocycles. The minimum absolute atomic E-state index is 0.0507. The Hall–Kier alpha value is -4.25. The molecule has 5 nitrogen and oxygen atoms in total. The molecule has 0 saturated carbocycles. The Bertz CT molecular complexity index is 1320. The number of ether oxygens (including phenoxy) is 2. The maximum absolute atomic E-state index is 13.5. The molecular formula is C30H28N2O3. The lowest BCUT2D eigenvalue weighted by Crippen LogP contribution is -2.43. The molecule has 0 aromatic heterocycles. The van der Waals surface area contributed by atoms with Gasteiger partial charge in [0.2, 0.25) is 0 Å². The molecule has 35 heavy (non-hydrogen) atoms. The zero-order valence-corrected chi connectivity index (χ0v) is 20.0. The van der Waals surface area contributed by atoms with Gasteiger partial charge in [-0.1, -0.05) is 66.7 Å². The number of amides is 1. The Morgan fingerprint density at radius 1 is 0.714 bits per heavy atom. The number of hydrogen-bond acceptors (Lipinski definition) is 4. The summed E-state index contributed by atoms with van der Waals surface area (Å²) in [5, 5.41) is 0. The number of hydrogen-bond donors (Lipinski definition) is 0. The van der Waals surface area contributed by atoms with Gasteiger partial charge in [-0.2, -0.15) is 0 Å². The molecule has 4 aromatic rings. The molecule has 0 bridgehead atoms. The van der Waals surface area contributed by atoms with E-state index in [-0.39, 0.29) is 5.91 Å². The van der Waals surface area contributed by atoms with E-state index in [1.54, 1.807) is 32.4 Å². The SMILES string of the molecule is COc1ccc(C(=O)N2CCN(Cc3ccc(-c4ccccc4)cc3)c3ccccc32)cc1OC. The average molecular weight is 465 g/mol. The van der Waals surface area contributed by atoms with Gasteiger partial charge in [0.05, 0.1) is 25.6 Å². The minimum atomic E-state index is -0.0507. The van der Waals surface area contributed by atoms with Crippen LogP contribution in [0.4, 0.5) is 11.4 Å². The number of anilines is 2. The van der Waals surface area contributed by atoms with E-state index >= 15 is 0 Å². The first-order chi connectivity index (χ1) is 17.2. The van der Waals surface area contributed by atoms with Crippen LogP contribution in [-0.4, -0.2) is 33.2 Å². The molecule has 1 amide bonds. The molecular weight excluding hydrogens is 436 g/mol. The summed E-state index contributed by atoms with van der Waals surface area (Å²) >= 11 is 0. The Morgan fingerprint density at radius 2 is 1.37 bits per heavy atom. The topological polar surface area (TPSA) is 42.0 Å². The molecule has 176 valence electrons. The third-order valence-electron chi connectivity index (χ3n) is 6.42. The first kappa shape index (κ1) is 22.5. The van der Waals surface area contributed by atoms with Gasteiger partial charge in [-0.25, -0.2) is 0 Å². The first-order valence-corrected chi connectivity index (χ1v) is 11.7. The van der Waals surface area contributed by atoms with Crippen molar-refractivity contribution in [3.05, 3.63) is 108 Å². The lowest BCUT2D eigenvalue weighted by atomic mass is 10.0. The van der Waals surface area contributed by atoms with Crippen LogP contribution in [0.5, 0.6) is 11.5 Å². The molecule has 0 fully saturated rings. The summed E-state index contributed by atoms with van der Waals surface area (Å²) in [6, 6.07) is 32.5. The fourth-order valence-corrected chi connectivity index (χ4v) is 4.58. The standard InChI is InChI=1S/C30H28N2O3/c1-34-28-17-16-25(20-29(28)35-2)30(33)32-19-18-31(26-10-6-7-11-27(26)32)21-22-12-14-24(15-13-22)23-8-4-3-5-9-23/h3-17,20H,18-19,21H2,1-2H3. The number of benzene rings is 4. The van der Waals surface area contributed by atoms with Gasteiger partial charge >= 0.3 is 0 Å². The Balaban J connectivity index is 1.37. The molecule has 5 rings (SSSR count). The fraction of sp³-hybridized carbons (Fsp3) is 0.167. The molecule has 0 N–H and O–H groups in total. The Kier molecular flexibility index (Phi) is 6.40. The predicted octanol–water partition coefficient (Wildman–Crippen LogP) is 6.04. The highest BCUT2D eigenvalue weighted by Crippen LogP contribution is 2.36. The van der Waals surface area contributed by atoms with Crippen molar-refractivity contribution in [1.29, 1.82) is 0 Å². The fourth-order valence-electron chi connectivity index (χ4n) is 4.58. The van der Waals surface area contributed by atoms with E-state index in [0.717, 1.165) is 24.5 Å². The summed E-state index contributed by atoms with van der Waals surface area (Å²) in [4.78, 5) is 17.7. The van der Waals surface area contributed by atoms with Gasteiger partial charge in [-0.15, -0.1) is 0 Å². The van der Waals surface area contributed by atoms with E-state index in [1.807, 2.05) is 29.2 Å². The third kappa shape index (κ3) is 4.58. The van der Waals surface area contributed by atoms with Crippen molar-refractivity contribution in [2.45, 2.75) is 6.54 Å². The summed E-state index contributed by atoms with van der Waals surface area (Å²) in [7, 11) is 3.16. The molecule has 0 spiro atoms. The monoisotopic (exact) mass is 464 g/mol. The molecule has 0 unspecified atom stereocenters. The molecule has 1 aliphatic heterocycles. The highest BCUT2D eigenvalue weighted by Gasteiger charge is 2.28. The van der Waals surface area contributed by atoms with E-state index in [2.05, 4.69) is 59.5 Å². The van der Waals surface area contributed by atoms with Crippen LogP contribution in [0.1, 0.15) is 15.9 Å². The maximum Gasteiger partial charge on any atom is 0.258 e. The molecule has 0 radical (unpaired) electrons. The van der Waals surface area contributed by atoms with E-state index in [1.165, 1.54) is 16.7 Å². The molecule has 1 aliphatic rings. The summed E-state index contributed by atoms with van der Waals surface area (Å²) < 4.78 is 10.7. The van der Waals surface area contributed by atoms with Crippen LogP contribution in [-0.2, 0) is 6.54 Å². The van der Waals surface area contributed by atoms with Crippen LogP contribution < -0.4 is 19.3 Å². The Morgan fingerprint density at radius 3 is 2.09 bits per heavy atom. The van der Waals surface area contributed by atoms with Crippen molar-refractivity contribution < 1.29 is 14.3 Å². The van der Waals surface area contributed by atoms with Crippen molar-refractivity contribution in [2.24, 2.45) is 0 Å². The average Bonchev–Trinajstić information content (AvgIpc) is 2.93. The smallest absolute Gasteiger partial charge is 0.258 e. The van der Waals surface area contributed by atoms with Gasteiger partial charge in [-0.3, -0.25) is 4.79 Å². The van der Waals surface area contributed by atoms with Gasteiger partial charge in [0.15, 0.2) is 11.5 Å². The molecule has 0 atom stereocenters. The van der Waals surface area contributed by atoms with Crippen LogP contribution in [0.15, 0.2) is 97.1 Å². The van der Waals surface area contributed by atoms with Crippen LogP contribution >= 0.6 is 0 Å². The van der Waals surface area contributed by atoms with Gasteiger partial charge in [0.1, 0.15) is 0 Å². The highest BCUT2D eigenvalue weighted by atomic mass is 16.5. The largest absolute Gasteiger partial charge is 0.493 e. The van der Waals surface area contributed by atoms with Crippen LogP contribution in [0.2, 0.25) is 0 Å².